The molecule has 1 aliphatic carbocycles. The first-order valence-electron chi connectivity index (χ1n) is 10.4. The molecule has 1 fully saturated rings. The van der Waals surface area contributed by atoms with Gasteiger partial charge in [-0.15, -0.1) is 11.8 Å². The molecule has 2 heterocycles. The van der Waals surface area contributed by atoms with Crippen LogP contribution in [-0.4, -0.2) is 28.4 Å². The Hall–Kier alpha value is -2.57. The average molecular weight is 421 g/mol. The lowest BCUT2D eigenvalue weighted by Crippen LogP contribution is -2.34. The van der Waals surface area contributed by atoms with Crippen molar-refractivity contribution in [2.24, 2.45) is 0 Å². The monoisotopic (exact) mass is 420 g/mol. The lowest BCUT2D eigenvalue weighted by atomic mass is 9.91. The highest BCUT2D eigenvalue weighted by Crippen LogP contribution is 2.49. The van der Waals surface area contributed by atoms with E-state index in [9.17, 15) is 14.7 Å². The van der Waals surface area contributed by atoms with Crippen LogP contribution in [0.4, 0.5) is 0 Å². The van der Waals surface area contributed by atoms with Crippen LogP contribution in [0.3, 0.4) is 0 Å². The number of hydrogen-bond donors (Lipinski definition) is 2. The van der Waals surface area contributed by atoms with Crippen molar-refractivity contribution < 1.29 is 9.90 Å². The van der Waals surface area contributed by atoms with Gasteiger partial charge >= 0.3 is 5.97 Å². The number of aliphatic carboxylic acids is 1. The first-order chi connectivity index (χ1) is 14.6. The fraction of sp³-hybridized carbons (Fsp3) is 0.333. The van der Waals surface area contributed by atoms with Gasteiger partial charge < -0.3 is 10.4 Å². The molecule has 2 N–H and O–H groups in total. The van der Waals surface area contributed by atoms with E-state index in [-0.39, 0.29) is 5.56 Å². The van der Waals surface area contributed by atoms with Crippen LogP contribution in [0.15, 0.2) is 52.3 Å². The van der Waals surface area contributed by atoms with Gasteiger partial charge in [0.15, 0.2) is 0 Å². The molecule has 5 rings (SSSR count). The van der Waals surface area contributed by atoms with E-state index < -0.39 is 12.0 Å². The van der Waals surface area contributed by atoms with Gasteiger partial charge in [-0.3, -0.25) is 9.36 Å². The summed E-state index contributed by atoms with van der Waals surface area (Å²) in [6, 6.07) is 13.9. The standard InChI is InChI=1S/C24H24N2O3S/c1-25-12-19-18(11-16-7-4-6-14-5-2-3-8-17(14)16)21(15-9-10-15)23-26(22(19)27)20(13-30-23)24(28)29/h2-8,15,20,25H,9-13H2,1H3,(H,28,29)/t20-/m0/s1. The maximum atomic E-state index is 13.5. The van der Waals surface area contributed by atoms with Gasteiger partial charge in [-0.05, 0) is 59.7 Å². The van der Waals surface area contributed by atoms with Gasteiger partial charge in [0, 0.05) is 17.9 Å². The maximum Gasteiger partial charge on any atom is 0.327 e. The number of fused-ring (bicyclic) bond motifs is 2. The first-order valence-corrected chi connectivity index (χ1v) is 11.4. The van der Waals surface area contributed by atoms with Crippen LogP contribution in [0.2, 0.25) is 0 Å². The third kappa shape index (κ3) is 3.15. The summed E-state index contributed by atoms with van der Waals surface area (Å²) in [6.45, 7) is 0.440. The quantitative estimate of drug-likeness (QED) is 0.632. The number of carboxylic acid groups (broad SMARTS) is 1. The van der Waals surface area contributed by atoms with Gasteiger partial charge in [0.1, 0.15) is 6.04 Å². The SMILES string of the molecule is CNCc1c(Cc2cccc3ccccc23)c(C2CC2)c2n(c1=O)[C@H](C(=O)O)CS2. The summed E-state index contributed by atoms with van der Waals surface area (Å²) in [6.07, 6.45) is 2.89. The van der Waals surface area contributed by atoms with E-state index in [0.717, 1.165) is 23.4 Å². The number of thioether (sulfide) groups is 1. The predicted molar refractivity (Wildman–Crippen MR) is 120 cm³/mol. The van der Waals surface area contributed by atoms with E-state index in [0.29, 0.717) is 30.2 Å². The van der Waals surface area contributed by atoms with Crippen LogP contribution in [0, 0.1) is 0 Å². The molecule has 1 atom stereocenters. The number of nitrogens with one attached hydrogen (secondary N) is 1. The van der Waals surface area contributed by atoms with Crippen LogP contribution in [-0.2, 0) is 17.8 Å². The predicted octanol–water partition coefficient (Wildman–Crippen LogP) is 3.92. The van der Waals surface area contributed by atoms with E-state index in [4.69, 9.17) is 0 Å². The first kappa shape index (κ1) is 19.4. The molecule has 0 bridgehead atoms. The fourth-order valence-corrected chi connectivity index (χ4v) is 6.03. The smallest absolute Gasteiger partial charge is 0.327 e. The molecule has 1 aromatic heterocycles. The molecule has 1 aliphatic heterocycles. The van der Waals surface area contributed by atoms with Crippen molar-refractivity contribution >= 4 is 28.5 Å². The highest BCUT2D eigenvalue weighted by molar-refractivity contribution is 7.99. The zero-order chi connectivity index (χ0) is 20.8. The summed E-state index contributed by atoms with van der Waals surface area (Å²) >= 11 is 1.53. The normalized spacial score (nSPS) is 18.0. The molecule has 1 saturated carbocycles. The van der Waals surface area contributed by atoms with Crippen LogP contribution in [0.5, 0.6) is 0 Å². The third-order valence-electron chi connectivity index (χ3n) is 6.18. The van der Waals surface area contributed by atoms with Gasteiger partial charge in [-0.2, -0.15) is 0 Å². The summed E-state index contributed by atoms with van der Waals surface area (Å²) in [5, 5.41) is 16.1. The zero-order valence-corrected chi connectivity index (χ0v) is 17.7. The molecular formula is C24H24N2O3S. The van der Waals surface area contributed by atoms with Crippen molar-refractivity contribution in [1.82, 2.24) is 9.88 Å². The Balaban J connectivity index is 1.74. The number of aromatic nitrogens is 1. The summed E-state index contributed by atoms with van der Waals surface area (Å²) in [5.74, 6) is -0.0872. The maximum absolute atomic E-state index is 13.5. The number of nitrogens with zero attached hydrogens (tertiary/aromatic N) is 1. The topological polar surface area (TPSA) is 71.3 Å². The summed E-state index contributed by atoms with van der Waals surface area (Å²) in [4.78, 5) is 25.3. The van der Waals surface area contributed by atoms with E-state index in [2.05, 4.69) is 35.6 Å². The highest BCUT2D eigenvalue weighted by atomic mass is 32.2. The van der Waals surface area contributed by atoms with E-state index in [1.807, 2.05) is 19.2 Å². The largest absolute Gasteiger partial charge is 0.480 e. The van der Waals surface area contributed by atoms with Gasteiger partial charge in [-0.25, -0.2) is 4.79 Å². The van der Waals surface area contributed by atoms with Crippen LogP contribution >= 0.6 is 11.8 Å². The van der Waals surface area contributed by atoms with Crippen LogP contribution in [0.1, 0.15) is 47.1 Å². The highest BCUT2D eigenvalue weighted by Gasteiger charge is 2.39. The molecule has 5 nitrogen and oxygen atoms in total. The van der Waals surface area contributed by atoms with Crippen molar-refractivity contribution in [2.45, 2.75) is 42.8 Å². The molecule has 2 aromatic carbocycles. The number of carboxylic acids is 1. The number of carbonyl (C=O) groups is 1. The zero-order valence-electron chi connectivity index (χ0n) is 16.9. The number of rotatable bonds is 6. The Kier molecular flexibility index (Phi) is 4.91. The van der Waals surface area contributed by atoms with Gasteiger partial charge in [0.25, 0.3) is 5.56 Å². The molecule has 0 spiro atoms. The lowest BCUT2D eigenvalue weighted by Gasteiger charge is -2.21. The van der Waals surface area contributed by atoms with Gasteiger partial charge in [0.2, 0.25) is 0 Å². The van der Waals surface area contributed by atoms with Crippen molar-refractivity contribution in [1.29, 1.82) is 0 Å². The van der Waals surface area contributed by atoms with Crippen LogP contribution < -0.4 is 10.9 Å². The van der Waals surface area contributed by atoms with Crippen molar-refractivity contribution in [2.75, 3.05) is 12.8 Å². The minimum Gasteiger partial charge on any atom is -0.480 e. The second-order valence-corrected chi connectivity index (χ2v) is 9.14. The Morgan fingerprint density at radius 2 is 1.93 bits per heavy atom. The Labute approximate surface area is 179 Å². The molecule has 0 radical (unpaired) electrons. The number of hydrogen-bond acceptors (Lipinski definition) is 4. The van der Waals surface area contributed by atoms with Gasteiger partial charge in [-0.1, -0.05) is 42.5 Å². The number of pyridine rings is 1. The molecule has 154 valence electrons. The van der Waals surface area contributed by atoms with Crippen molar-refractivity contribution in [3.63, 3.8) is 0 Å². The summed E-state index contributed by atoms with van der Waals surface area (Å²) in [7, 11) is 1.83. The Bertz CT molecular complexity index is 1210. The van der Waals surface area contributed by atoms with Crippen molar-refractivity contribution in [3.05, 3.63) is 75.1 Å². The molecule has 3 aromatic rings. The second kappa shape index (κ2) is 7.60. The second-order valence-electron chi connectivity index (χ2n) is 8.14. The molecule has 0 amide bonds. The van der Waals surface area contributed by atoms with Crippen molar-refractivity contribution in [3.8, 4) is 0 Å². The van der Waals surface area contributed by atoms with E-state index in [1.54, 1.807) is 4.57 Å². The molecule has 0 unspecified atom stereocenters. The summed E-state index contributed by atoms with van der Waals surface area (Å²) in [5.41, 5.74) is 4.07. The third-order valence-corrected chi connectivity index (χ3v) is 7.35. The van der Waals surface area contributed by atoms with Crippen LogP contribution in [0.25, 0.3) is 10.8 Å². The molecule has 6 heteroatoms. The average Bonchev–Trinajstić information content (AvgIpc) is 3.48. The molecule has 0 saturated heterocycles. The van der Waals surface area contributed by atoms with E-state index >= 15 is 0 Å². The minimum absolute atomic E-state index is 0.156. The van der Waals surface area contributed by atoms with Gasteiger partial charge in [0.05, 0.1) is 5.03 Å². The Morgan fingerprint density at radius 1 is 1.17 bits per heavy atom. The summed E-state index contributed by atoms with van der Waals surface area (Å²) < 4.78 is 1.56. The molecular weight excluding hydrogens is 396 g/mol. The molecule has 2 aliphatic rings. The lowest BCUT2D eigenvalue weighted by molar-refractivity contribution is -0.140. The molecule has 30 heavy (non-hydrogen) atoms. The number of benzene rings is 2. The Morgan fingerprint density at radius 3 is 2.67 bits per heavy atom. The van der Waals surface area contributed by atoms with E-state index in [1.165, 1.54) is 33.7 Å². The fourth-order valence-electron chi connectivity index (χ4n) is 4.62. The minimum atomic E-state index is -0.928.